The molecule has 7 heteroatoms. The molecule has 0 aromatic heterocycles. The average Bonchev–Trinajstić information content (AvgIpc) is 3.40. The van der Waals surface area contributed by atoms with Crippen molar-refractivity contribution in [2.45, 2.75) is 26.3 Å². The Morgan fingerprint density at radius 3 is 2.46 bits per heavy atom. The number of amides is 2. The largest absolute Gasteiger partial charge is 0.368 e. The molecule has 7 nitrogen and oxygen atoms in total. The number of nitrogens with one attached hydrogen (secondary N) is 3. The first-order chi connectivity index (χ1) is 11.6. The minimum Gasteiger partial charge on any atom is -0.368 e. The molecule has 0 radical (unpaired) electrons. The van der Waals surface area contributed by atoms with Crippen molar-refractivity contribution in [2.75, 3.05) is 19.6 Å². The van der Waals surface area contributed by atoms with Crippen molar-refractivity contribution in [2.24, 2.45) is 16.6 Å². The molecule has 2 amide bonds. The van der Waals surface area contributed by atoms with E-state index in [0.717, 1.165) is 30.5 Å². The van der Waals surface area contributed by atoms with Crippen molar-refractivity contribution in [1.82, 2.24) is 16.0 Å². The molecular formula is C17H25N5O2. The molecule has 0 unspecified atom stereocenters. The van der Waals surface area contributed by atoms with Crippen molar-refractivity contribution < 1.29 is 9.59 Å². The van der Waals surface area contributed by atoms with Gasteiger partial charge in [0.15, 0.2) is 5.96 Å². The van der Waals surface area contributed by atoms with Gasteiger partial charge in [0, 0.05) is 18.7 Å². The van der Waals surface area contributed by atoms with Gasteiger partial charge in [-0.2, -0.15) is 0 Å². The molecule has 1 aromatic carbocycles. The van der Waals surface area contributed by atoms with Gasteiger partial charge in [-0.15, -0.1) is 0 Å². The van der Waals surface area contributed by atoms with E-state index in [1.807, 2.05) is 19.1 Å². The number of hydrogen-bond acceptors (Lipinski definition) is 3. The molecule has 0 atom stereocenters. The molecular weight excluding hydrogens is 306 g/mol. The van der Waals surface area contributed by atoms with E-state index in [4.69, 9.17) is 5.73 Å². The molecule has 5 N–H and O–H groups in total. The first-order valence-corrected chi connectivity index (χ1v) is 8.26. The number of benzene rings is 1. The van der Waals surface area contributed by atoms with Crippen LogP contribution in [0, 0.1) is 5.92 Å². The van der Waals surface area contributed by atoms with Crippen LogP contribution in [0.5, 0.6) is 0 Å². The predicted octanol–water partition coefficient (Wildman–Crippen LogP) is 0.367. The lowest BCUT2D eigenvalue weighted by molar-refractivity contribution is -0.117. The van der Waals surface area contributed by atoms with E-state index < -0.39 is 5.91 Å². The van der Waals surface area contributed by atoms with Gasteiger partial charge in [0.1, 0.15) is 0 Å². The Hall–Kier alpha value is -2.57. The van der Waals surface area contributed by atoms with Crippen LogP contribution in [-0.2, 0) is 11.3 Å². The summed E-state index contributed by atoms with van der Waals surface area (Å²) in [6.45, 7) is 4.18. The number of rotatable bonds is 8. The number of nitrogens with two attached hydrogens (primary N) is 1. The molecule has 24 heavy (non-hydrogen) atoms. The normalized spacial score (nSPS) is 14.1. The Labute approximate surface area is 142 Å². The van der Waals surface area contributed by atoms with Gasteiger partial charge in [-0.3, -0.25) is 9.59 Å². The maximum Gasteiger partial charge on any atom is 0.251 e. The second-order valence-corrected chi connectivity index (χ2v) is 5.87. The maximum atomic E-state index is 11.8. The number of hydrogen-bond donors (Lipinski definition) is 4. The monoisotopic (exact) mass is 331 g/mol. The van der Waals surface area contributed by atoms with E-state index in [2.05, 4.69) is 20.9 Å². The number of nitrogens with zero attached hydrogens (tertiary/aromatic N) is 1. The van der Waals surface area contributed by atoms with E-state index in [0.29, 0.717) is 12.1 Å². The fraction of sp³-hybridized carbons (Fsp3) is 0.471. The number of aliphatic imine (C=N–C) groups is 1. The average molecular weight is 331 g/mol. The van der Waals surface area contributed by atoms with Crippen molar-refractivity contribution in [1.29, 1.82) is 0 Å². The van der Waals surface area contributed by atoms with Crippen molar-refractivity contribution in [3.8, 4) is 0 Å². The maximum absolute atomic E-state index is 11.8. The van der Waals surface area contributed by atoms with Crippen LogP contribution in [0.2, 0.25) is 0 Å². The molecule has 130 valence electrons. The summed E-state index contributed by atoms with van der Waals surface area (Å²) in [5.74, 6) is 0.715. The molecule has 2 rings (SSSR count). The van der Waals surface area contributed by atoms with Crippen molar-refractivity contribution >= 4 is 17.8 Å². The summed E-state index contributed by atoms with van der Waals surface area (Å²) in [5.41, 5.74) is 6.50. The van der Waals surface area contributed by atoms with Crippen molar-refractivity contribution in [3.05, 3.63) is 35.4 Å². The standard InChI is InChI=1S/C17H25N5O2/c1-2-19-17(21-9-12-3-4-12)22-10-13-5-7-14(8-6-13)16(24)20-11-15(18)23/h5-8,12H,2-4,9-11H2,1H3,(H2,18,23)(H,20,24)(H2,19,21,22). The lowest BCUT2D eigenvalue weighted by Crippen LogP contribution is -2.38. The van der Waals surface area contributed by atoms with Crippen LogP contribution >= 0.6 is 0 Å². The number of guanidine groups is 1. The van der Waals surface area contributed by atoms with Gasteiger partial charge in [-0.05, 0) is 43.4 Å². The minimum absolute atomic E-state index is 0.163. The number of carbonyl (C=O) groups excluding carboxylic acids is 2. The Morgan fingerprint density at radius 1 is 1.17 bits per heavy atom. The van der Waals surface area contributed by atoms with Crippen LogP contribution in [0.4, 0.5) is 0 Å². The molecule has 1 aliphatic rings. The van der Waals surface area contributed by atoms with Gasteiger partial charge >= 0.3 is 0 Å². The fourth-order valence-corrected chi connectivity index (χ4v) is 2.11. The topological polar surface area (TPSA) is 109 Å². The van der Waals surface area contributed by atoms with Gasteiger partial charge in [-0.1, -0.05) is 12.1 Å². The predicted molar refractivity (Wildman–Crippen MR) is 93.5 cm³/mol. The Morgan fingerprint density at radius 2 is 1.88 bits per heavy atom. The summed E-state index contributed by atoms with van der Waals surface area (Å²) >= 11 is 0. The van der Waals surface area contributed by atoms with Gasteiger partial charge in [0.05, 0.1) is 13.1 Å². The molecule has 1 aromatic rings. The SMILES string of the molecule is CCNC(=NCc1ccc(C(=O)NCC(N)=O)cc1)NCC1CC1. The van der Waals surface area contributed by atoms with E-state index in [9.17, 15) is 9.59 Å². The fourth-order valence-electron chi connectivity index (χ4n) is 2.11. The molecule has 0 aliphatic heterocycles. The van der Waals surface area contributed by atoms with E-state index in [-0.39, 0.29) is 12.5 Å². The van der Waals surface area contributed by atoms with E-state index in [1.165, 1.54) is 12.8 Å². The Bertz CT molecular complexity index is 594. The second kappa shape index (κ2) is 8.90. The van der Waals surface area contributed by atoms with Gasteiger partial charge < -0.3 is 21.7 Å². The summed E-state index contributed by atoms with van der Waals surface area (Å²) in [5, 5.41) is 9.02. The van der Waals surface area contributed by atoms with Crippen LogP contribution in [0.15, 0.2) is 29.3 Å². The highest BCUT2D eigenvalue weighted by atomic mass is 16.2. The zero-order chi connectivity index (χ0) is 17.4. The first kappa shape index (κ1) is 17.8. The second-order valence-electron chi connectivity index (χ2n) is 5.87. The van der Waals surface area contributed by atoms with Crippen LogP contribution in [0.3, 0.4) is 0 Å². The highest BCUT2D eigenvalue weighted by molar-refractivity contribution is 5.96. The lowest BCUT2D eigenvalue weighted by atomic mass is 10.1. The zero-order valence-electron chi connectivity index (χ0n) is 14.0. The van der Waals surface area contributed by atoms with E-state index >= 15 is 0 Å². The molecule has 0 bridgehead atoms. The summed E-state index contributed by atoms with van der Waals surface area (Å²) in [4.78, 5) is 27.0. The lowest BCUT2D eigenvalue weighted by Gasteiger charge is -2.10. The molecule has 0 saturated heterocycles. The molecule has 0 spiro atoms. The van der Waals surface area contributed by atoms with Gasteiger partial charge in [0.25, 0.3) is 5.91 Å². The highest BCUT2D eigenvalue weighted by Crippen LogP contribution is 2.27. The van der Waals surface area contributed by atoms with Crippen molar-refractivity contribution in [3.63, 3.8) is 0 Å². The number of primary amides is 1. The van der Waals surface area contributed by atoms with E-state index in [1.54, 1.807) is 12.1 Å². The molecule has 1 aliphatic carbocycles. The Kier molecular flexibility index (Phi) is 6.60. The Balaban J connectivity index is 1.87. The molecule has 1 fully saturated rings. The van der Waals surface area contributed by atoms with Crippen LogP contribution in [-0.4, -0.2) is 37.4 Å². The summed E-state index contributed by atoms with van der Waals surface area (Å²) in [6.07, 6.45) is 2.59. The zero-order valence-corrected chi connectivity index (χ0v) is 14.0. The third-order valence-corrected chi connectivity index (χ3v) is 3.66. The third kappa shape index (κ3) is 6.28. The quantitative estimate of drug-likeness (QED) is 0.407. The highest BCUT2D eigenvalue weighted by Gasteiger charge is 2.21. The van der Waals surface area contributed by atoms with Gasteiger partial charge in [0.2, 0.25) is 5.91 Å². The first-order valence-electron chi connectivity index (χ1n) is 8.26. The van der Waals surface area contributed by atoms with Gasteiger partial charge in [-0.25, -0.2) is 4.99 Å². The van der Waals surface area contributed by atoms with Crippen LogP contribution in [0.1, 0.15) is 35.7 Å². The molecule has 0 heterocycles. The summed E-state index contributed by atoms with van der Waals surface area (Å²) in [7, 11) is 0. The summed E-state index contributed by atoms with van der Waals surface area (Å²) < 4.78 is 0. The minimum atomic E-state index is -0.566. The summed E-state index contributed by atoms with van der Waals surface area (Å²) in [6, 6.07) is 7.14. The van der Waals surface area contributed by atoms with Crippen LogP contribution in [0.25, 0.3) is 0 Å². The molecule has 1 saturated carbocycles. The third-order valence-electron chi connectivity index (χ3n) is 3.66. The van der Waals surface area contributed by atoms with Crippen LogP contribution < -0.4 is 21.7 Å². The smallest absolute Gasteiger partial charge is 0.251 e. The number of carbonyl (C=O) groups is 2.